The molecule has 1 heterocycles. The number of hydrogen-bond acceptors (Lipinski definition) is 7. The minimum absolute atomic E-state index is 0.133. The molecule has 1 aromatic rings. The highest BCUT2D eigenvalue weighted by molar-refractivity contribution is 6.07. The van der Waals surface area contributed by atoms with E-state index >= 15 is 0 Å². The standard InChI is InChI=1S/C17H21N3O6/c1-6-17(3)15(22)20(16(23)19-17)18-9-11-7-12(24-4)14(26-10(2)21)13(8-11)25-5/h7-9H,6H2,1-5H3,(H,19,23)/b18-9+. The van der Waals surface area contributed by atoms with Crippen LogP contribution in [0.1, 0.15) is 32.8 Å². The van der Waals surface area contributed by atoms with Crippen LogP contribution in [0.4, 0.5) is 4.79 Å². The Balaban J connectivity index is 2.35. The van der Waals surface area contributed by atoms with E-state index in [0.29, 0.717) is 12.0 Å². The fourth-order valence-corrected chi connectivity index (χ4v) is 2.36. The third-order valence-corrected chi connectivity index (χ3v) is 4.00. The summed E-state index contributed by atoms with van der Waals surface area (Å²) in [5, 5.41) is 7.36. The molecular weight excluding hydrogens is 342 g/mol. The number of amides is 3. The molecule has 1 saturated heterocycles. The number of carbonyl (C=O) groups excluding carboxylic acids is 3. The van der Waals surface area contributed by atoms with Crippen molar-refractivity contribution in [1.82, 2.24) is 10.3 Å². The van der Waals surface area contributed by atoms with Crippen molar-refractivity contribution in [3.05, 3.63) is 17.7 Å². The molecule has 1 fully saturated rings. The monoisotopic (exact) mass is 363 g/mol. The summed E-state index contributed by atoms with van der Waals surface area (Å²) in [6, 6.07) is 2.50. The Morgan fingerprint density at radius 3 is 2.27 bits per heavy atom. The number of nitrogens with one attached hydrogen (secondary N) is 1. The second kappa shape index (κ2) is 7.42. The molecule has 1 aromatic carbocycles. The predicted octanol–water partition coefficient (Wildman–Crippen LogP) is 1.68. The lowest BCUT2D eigenvalue weighted by molar-refractivity contribution is -0.132. The van der Waals surface area contributed by atoms with Gasteiger partial charge < -0.3 is 19.5 Å². The van der Waals surface area contributed by atoms with Gasteiger partial charge in [-0.1, -0.05) is 6.92 Å². The van der Waals surface area contributed by atoms with E-state index in [1.807, 2.05) is 0 Å². The topological polar surface area (TPSA) is 107 Å². The normalized spacial score (nSPS) is 19.7. The van der Waals surface area contributed by atoms with Crippen LogP contribution in [-0.2, 0) is 9.59 Å². The Bertz CT molecular complexity index is 751. The van der Waals surface area contributed by atoms with Crippen molar-refractivity contribution in [2.45, 2.75) is 32.7 Å². The van der Waals surface area contributed by atoms with E-state index in [9.17, 15) is 14.4 Å². The first-order chi connectivity index (χ1) is 12.3. The molecule has 0 aliphatic carbocycles. The zero-order chi connectivity index (χ0) is 19.5. The van der Waals surface area contributed by atoms with E-state index in [2.05, 4.69) is 10.4 Å². The van der Waals surface area contributed by atoms with Crippen LogP contribution in [0.15, 0.2) is 17.2 Å². The van der Waals surface area contributed by atoms with Crippen molar-refractivity contribution in [3.8, 4) is 17.2 Å². The van der Waals surface area contributed by atoms with Gasteiger partial charge in [-0.25, -0.2) is 4.79 Å². The van der Waals surface area contributed by atoms with E-state index in [1.54, 1.807) is 26.0 Å². The zero-order valence-electron chi connectivity index (χ0n) is 15.3. The summed E-state index contributed by atoms with van der Waals surface area (Å²) < 4.78 is 15.5. The Kier molecular flexibility index (Phi) is 5.49. The number of esters is 1. The molecule has 2 rings (SSSR count). The van der Waals surface area contributed by atoms with Crippen LogP contribution < -0.4 is 19.5 Å². The molecule has 0 aromatic heterocycles. The largest absolute Gasteiger partial charge is 0.493 e. The number of ether oxygens (including phenoxy) is 3. The molecule has 0 bridgehead atoms. The van der Waals surface area contributed by atoms with Gasteiger partial charge in [0.15, 0.2) is 11.5 Å². The molecule has 9 nitrogen and oxygen atoms in total. The zero-order valence-corrected chi connectivity index (χ0v) is 15.3. The molecule has 1 aliphatic heterocycles. The number of carbonyl (C=O) groups is 3. The summed E-state index contributed by atoms with van der Waals surface area (Å²) in [7, 11) is 2.82. The Morgan fingerprint density at radius 2 is 1.85 bits per heavy atom. The first-order valence-electron chi connectivity index (χ1n) is 7.90. The first-order valence-corrected chi connectivity index (χ1v) is 7.90. The van der Waals surface area contributed by atoms with Crippen molar-refractivity contribution in [2.24, 2.45) is 5.10 Å². The third kappa shape index (κ3) is 3.61. The molecule has 1 N–H and O–H groups in total. The van der Waals surface area contributed by atoms with Crippen LogP contribution in [0, 0.1) is 0 Å². The van der Waals surface area contributed by atoms with E-state index in [4.69, 9.17) is 14.2 Å². The number of rotatable bonds is 6. The highest BCUT2D eigenvalue weighted by atomic mass is 16.6. The summed E-state index contributed by atoms with van der Waals surface area (Å²) in [5.74, 6) is -0.334. The average Bonchev–Trinajstić information content (AvgIpc) is 2.82. The van der Waals surface area contributed by atoms with Crippen LogP contribution in [0.25, 0.3) is 0 Å². The van der Waals surface area contributed by atoms with Gasteiger partial charge in [-0.2, -0.15) is 5.10 Å². The van der Waals surface area contributed by atoms with Crippen LogP contribution in [0.5, 0.6) is 17.2 Å². The summed E-state index contributed by atoms with van der Waals surface area (Å²) in [4.78, 5) is 35.6. The molecule has 1 unspecified atom stereocenters. The van der Waals surface area contributed by atoms with Gasteiger partial charge in [0, 0.05) is 12.5 Å². The maximum Gasteiger partial charge on any atom is 0.346 e. The van der Waals surface area contributed by atoms with Gasteiger partial charge in [0.25, 0.3) is 5.91 Å². The summed E-state index contributed by atoms with van der Waals surface area (Å²) >= 11 is 0. The Morgan fingerprint density at radius 1 is 1.27 bits per heavy atom. The molecular formula is C17H21N3O6. The molecule has 140 valence electrons. The van der Waals surface area contributed by atoms with Gasteiger partial charge in [-0.3, -0.25) is 9.59 Å². The SMILES string of the molecule is CCC1(C)NC(=O)N(/N=C/c2cc(OC)c(OC(C)=O)c(OC)c2)C1=O. The van der Waals surface area contributed by atoms with Gasteiger partial charge in [0.05, 0.1) is 20.4 Å². The maximum atomic E-state index is 12.3. The molecule has 1 aliphatic rings. The van der Waals surface area contributed by atoms with E-state index < -0.39 is 23.4 Å². The first kappa shape index (κ1) is 19.2. The number of methoxy groups -OCH3 is 2. The summed E-state index contributed by atoms with van der Waals surface area (Å²) in [6.07, 6.45) is 1.77. The van der Waals surface area contributed by atoms with Gasteiger partial charge in [-0.15, -0.1) is 5.01 Å². The summed E-state index contributed by atoms with van der Waals surface area (Å²) in [6.45, 7) is 4.70. The van der Waals surface area contributed by atoms with Gasteiger partial charge >= 0.3 is 12.0 Å². The van der Waals surface area contributed by atoms with Crippen LogP contribution in [0.3, 0.4) is 0 Å². The van der Waals surface area contributed by atoms with Crippen molar-refractivity contribution in [2.75, 3.05) is 14.2 Å². The van der Waals surface area contributed by atoms with Crippen molar-refractivity contribution < 1.29 is 28.6 Å². The number of hydrogen-bond donors (Lipinski definition) is 1. The van der Waals surface area contributed by atoms with Crippen LogP contribution >= 0.6 is 0 Å². The molecule has 0 radical (unpaired) electrons. The minimum atomic E-state index is -0.969. The van der Waals surface area contributed by atoms with Gasteiger partial charge in [0.2, 0.25) is 5.75 Å². The van der Waals surface area contributed by atoms with Crippen molar-refractivity contribution >= 4 is 24.1 Å². The quantitative estimate of drug-likeness (QED) is 0.357. The second-order valence-electron chi connectivity index (χ2n) is 5.83. The predicted molar refractivity (Wildman–Crippen MR) is 92.5 cm³/mol. The molecule has 0 spiro atoms. The molecule has 3 amide bonds. The van der Waals surface area contributed by atoms with E-state index in [1.165, 1.54) is 27.4 Å². The maximum absolute atomic E-state index is 12.3. The highest BCUT2D eigenvalue weighted by Gasteiger charge is 2.46. The number of urea groups is 1. The lowest BCUT2D eigenvalue weighted by Crippen LogP contribution is -2.42. The van der Waals surface area contributed by atoms with Crippen molar-refractivity contribution in [1.29, 1.82) is 0 Å². The molecule has 9 heteroatoms. The third-order valence-electron chi connectivity index (χ3n) is 4.00. The average molecular weight is 363 g/mol. The number of benzene rings is 1. The van der Waals surface area contributed by atoms with E-state index in [0.717, 1.165) is 5.01 Å². The number of imide groups is 1. The number of hydrazone groups is 1. The van der Waals surface area contributed by atoms with Gasteiger partial charge in [0.1, 0.15) is 5.54 Å². The summed E-state index contributed by atoms with van der Waals surface area (Å²) in [5.41, 5.74) is -0.483. The smallest absolute Gasteiger partial charge is 0.346 e. The Labute approximate surface area is 150 Å². The fourth-order valence-electron chi connectivity index (χ4n) is 2.36. The lowest BCUT2D eigenvalue weighted by Gasteiger charge is -2.17. The molecule has 26 heavy (non-hydrogen) atoms. The van der Waals surface area contributed by atoms with Crippen molar-refractivity contribution in [3.63, 3.8) is 0 Å². The molecule has 0 saturated carbocycles. The Hall–Kier alpha value is -3.10. The molecule has 1 atom stereocenters. The van der Waals surface area contributed by atoms with Gasteiger partial charge in [-0.05, 0) is 25.5 Å². The van der Waals surface area contributed by atoms with Crippen LogP contribution in [-0.4, -0.2) is 48.9 Å². The fraction of sp³-hybridized carbons (Fsp3) is 0.412. The lowest BCUT2D eigenvalue weighted by atomic mass is 10.00. The minimum Gasteiger partial charge on any atom is -0.493 e. The second-order valence-corrected chi connectivity index (χ2v) is 5.83. The van der Waals surface area contributed by atoms with Crippen LogP contribution in [0.2, 0.25) is 0 Å². The number of nitrogens with zero attached hydrogens (tertiary/aromatic N) is 2. The van der Waals surface area contributed by atoms with E-state index in [-0.39, 0.29) is 17.2 Å². The highest BCUT2D eigenvalue weighted by Crippen LogP contribution is 2.38.